The van der Waals surface area contributed by atoms with E-state index in [-0.39, 0.29) is 11.3 Å². The van der Waals surface area contributed by atoms with Gasteiger partial charge in [0.2, 0.25) is 0 Å². The summed E-state index contributed by atoms with van der Waals surface area (Å²) in [6.07, 6.45) is 1.98. The van der Waals surface area contributed by atoms with Crippen molar-refractivity contribution in [2.75, 3.05) is 48.0 Å². The number of hydrogen-bond donors (Lipinski definition) is 1. The first kappa shape index (κ1) is 27.1. The lowest BCUT2D eigenvalue weighted by molar-refractivity contribution is -0.140. The van der Waals surface area contributed by atoms with Gasteiger partial charge in [-0.3, -0.25) is 9.59 Å². The number of benzene rings is 2. The molecular formula is C28H36N2O6. The molecule has 0 spiro atoms. The lowest BCUT2D eigenvalue weighted by Gasteiger charge is -2.27. The number of carbonyl (C=O) groups excluding carboxylic acids is 2. The van der Waals surface area contributed by atoms with Gasteiger partial charge >= 0.3 is 0 Å². The Labute approximate surface area is 213 Å². The van der Waals surface area contributed by atoms with Gasteiger partial charge in [-0.25, -0.2) is 0 Å². The van der Waals surface area contributed by atoms with E-state index in [1.807, 2.05) is 25.9 Å². The molecule has 8 heteroatoms. The molecular weight excluding hydrogens is 460 g/mol. The molecule has 1 aliphatic heterocycles. The van der Waals surface area contributed by atoms with Gasteiger partial charge in [0.05, 0.1) is 32.4 Å². The number of aliphatic hydroxyl groups is 1. The number of aryl methyl sites for hydroxylation is 1. The Morgan fingerprint density at radius 3 is 2.33 bits per heavy atom. The summed E-state index contributed by atoms with van der Waals surface area (Å²) < 4.78 is 16.6. The number of carbonyl (C=O) groups is 2. The summed E-state index contributed by atoms with van der Waals surface area (Å²) in [6, 6.07) is 9.74. The molecule has 36 heavy (non-hydrogen) atoms. The molecule has 0 aromatic heterocycles. The van der Waals surface area contributed by atoms with Crippen LogP contribution >= 0.6 is 0 Å². The zero-order chi connectivity index (χ0) is 26.4. The van der Waals surface area contributed by atoms with E-state index >= 15 is 0 Å². The van der Waals surface area contributed by atoms with Crippen molar-refractivity contribution in [1.29, 1.82) is 0 Å². The highest BCUT2D eigenvalue weighted by atomic mass is 16.5. The van der Waals surface area contributed by atoms with E-state index in [4.69, 9.17) is 14.2 Å². The molecule has 0 radical (unpaired) electrons. The Morgan fingerprint density at radius 1 is 1.03 bits per heavy atom. The van der Waals surface area contributed by atoms with Gasteiger partial charge in [0.25, 0.3) is 11.7 Å². The second-order valence-electron chi connectivity index (χ2n) is 9.09. The third-order valence-electron chi connectivity index (χ3n) is 6.26. The minimum absolute atomic E-state index is 0.0463. The lowest BCUT2D eigenvalue weighted by atomic mass is 9.94. The average molecular weight is 497 g/mol. The maximum atomic E-state index is 13.3. The fourth-order valence-electron chi connectivity index (χ4n) is 4.23. The van der Waals surface area contributed by atoms with Crippen LogP contribution in [0.5, 0.6) is 17.2 Å². The van der Waals surface area contributed by atoms with Crippen molar-refractivity contribution < 1.29 is 28.9 Å². The van der Waals surface area contributed by atoms with Crippen molar-refractivity contribution in [1.82, 2.24) is 9.80 Å². The summed E-state index contributed by atoms with van der Waals surface area (Å²) in [5.41, 5.74) is 1.97. The molecule has 0 bridgehead atoms. The summed E-state index contributed by atoms with van der Waals surface area (Å²) in [4.78, 5) is 29.8. The molecule has 1 aliphatic rings. The zero-order valence-electron chi connectivity index (χ0n) is 22.0. The largest absolute Gasteiger partial charge is 0.507 e. The molecule has 1 heterocycles. The van der Waals surface area contributed by atoms with E-state index in [9.17, 15) is 14.7 Å². The van der Waals surface area contributed by atoms with E-state index in [0.717, 1.165) is 24.2 Å². The predicted octanol–water partition coefficient (Wildman–Crippen LogP) is 4.17. The molecule has 1 atom stereocenters. The lowest BCUT2D eigenvalue weighted by Crippen LogP contribution is -2.35. The minimum Gasteiger partial charge on any atom is -0.507 e. The van der Waals surface area contributed by atoms with Gasteiger partial charge in [0.1, 0.15) is 11.5 Å². The second kappa shape index (κ2) is 11.9. The number of methoxy groups -OCH3 is 2. The molecule has 1 amide bonds. The molecule has 1 saturated heterocycles. The number of ether oxygens (including phenoxy) is 3. The first-order valence-corrected chi connectivity index (χ1v) is 12.1. The zero-order valence-corrected chi connectivity index (χ0v) is 22.0. The second-order valence-corrected chi connectivity index (χ2v) is 9.09. The number of aliphatic hydroxyl groups excluding tert-OH is 1. The van der Waals surface area contributed by atoms with E-state index < -0.39 is 17.7 Å². The monoisotopic (exact) mass is 496 g/mol. The first-order chi connectivity index (χ1) is 17.2. The number of likely N-dealkylation sites (tertiary alicyclic amines) is 1. The minimum atomic E-state index is -0.773. The van der Waals surface area contributed by atoms with Gasteiger partial charge in [0, 0.05) is 18.7 Å². The third-order valence-corrected chi connectivity index (χ3v) is 6.26. The Hall–Kier alpha value is -3.52. The van der Waals surface area contributed by atoms with Crippen molar-refractivity contribution in [3.8, 4) is 17.2 Å². The van der Waals surface area contributed by atoms with E-state index in [1.165, 1.54) is 12.0 Å². The van der Waals surface area contributed by atoms with Crippen LogP contribution in [0.15, 0.2) is 42.0 Å². The van der Waals surface area contributed by atoms with Crippen LogP contribution in [0.3, 0.4) is 0 Å². The Kier molecular flexibility index (Phi) is 8.98. The van der Waals surface area contributed by atoms with Crippen molar-refractivity contribution in [2.45, 2.75) is 32.7 Å². The maximum Gasteiger partial charge on any atom is 0.295 e. The summed E-state index contributed by atoms with van der Waals surface area (Å²) in [5, 5.41) is 11.4. The molecule has 194 valence electrons. The number of nitrogens with zero attached hydrogens (tertiary/aromatic N) is 2. The van der Waals surface area contributed by atoms with Crippen LogP contribution in [0.2, 0.25) is 0 Å². The Balaban J connectivity index is 2.11. The topological polar surface area (TPSA) is 88.5 Å². The van der Waals surface area contributed by atoms with Crippen LogP contribution in [-0.2, 0) is 9.59 Å². The van der Waals surface area contributed by atoms with Gasteiger partial charge in [-0.05, 0) is 68.9 Å². The molecule has 1 N–H and O–H groups in total. The smallest absolute Gasteiger partial charge is 0.295 e. The molecule has 0 unspecified atom stereocenters. The van der Waals surface area contributed by atoms with Gasteiger partial charge in [-0.2, -0.15) is 0 Å². The van der Waals surface area contributed by atoms with Crippen molar-refractivity contribution in [3.05, 3.63) is 58.7 Å². The van der Waals surface area contributed by atoms with Crippen LogP contribution in [0.4, 0.5) is 0 Å². The number of unbranched alkanes of at least 4 members (excludes halogenated alkanes) is 1. The van der Waals surface area contributed by atoms with Crippen LogP contribution in [0.25, 0.3) is 5.76 Å². The number of amides is 1. The summed E-state index contributed by atoms with van der Waals surface area (Å²) in [5.74, 6) is 0.145. The first-order valence-electron chi connectivity index (χ1n) is 12.1. The van der Waals surface area contributed by atoms with E-state index in [0.29, 0.717) is 42.3 Å². The highest BCUT2D eigenvalue weighted by molar-refractivity contribution is 6.46. The van der Waals surface area contributed by atoms with Crippen molar-refractivity contribution >= 4 is 17.4 Å². The number of likely N-dealkylation sites (N-methyl/N-ethyl adjacent to an activating group) is 1. The van der Waals surface area contributed by atoms with Crippen molar-refractivity contribution in [3.63, 3.8) is 0 Å². The van der Waals surface area contributed by atoms with E-state index in [2.05, 4.69) is 6.92 Å². The summed E-state index contributed by atoms with van der Waals surface area (Å²) >= 11 is 0. The highest BCUT2D eigenvalue weighted by Gasteiger charge is 2.46. The number of ketones is 1. The number of hydrogen-bond acceptors (Lipinski definition) is 7. The SMILES string of the molecule is CCCCOc1ccc(C(O)=C2C(=O)C(=O)N(CCN(C)C)[C@@H]2c2ccc(OC)c(OC)c2)cc1C. The third kappa shape index (κ3) is 5.65. The van der Waals surface area contributed by atoms with Crippen LogP contribution in [0.1, 0.15) is 42.5 Å². The number of Topliss-reactive ketones (excluding diaryl/α,β-unsaturated/α-hetero) is 1. The molecule has 1 fully saturated rings. The van der Waals surface area contributed by atoms with Crippen LogP contribution < -0.4 is 14.2 Å². The van der Waals surface area contributed by atoms with Gasteiger partial charge in [-0.15, -0.1) is 0 Å². The predicted molar refractivity (Wildman–Crippen MR) is 139 cm³/mol. The fourth-order valence-corrected chi connectivity index (χ4v) is 4.23. The standard InChI is InChI=1S/C28H36N2O6/c1-7-8-15-36-21-11-10-20(16-18(21)2)26(31)24-25(19-9-12-22(34-5)23(17-19)35-6)30(14-13-29(3)4)28(33)27(24)32/h9-12,16-17,25,31H,7-8,13-15H2,1-6H3/t25-/m1/s1. The molecule has 8 nitrogen and oxygen atoms in total. The normalized spacial score (nSPS) is 17.1. The summed E-state index contributed by atoms with van der Waals surface area (Å²) in [7, 11) is 6.86. The van der Waals surface area contributed by atoms with E-state index in [1.54, 1.807) is 43.5 Å². The molecule has 2 aromatic rings. The van der Waals surface area contributed by atoms with Crippen LogP contribution in [0, 0.1) is 6.92 Å². The fraction of sp³-hybridized carbons (Fsp3) is 0.429. The molecule has 0 aliphatic carbocycles. The van der Waals surface area contributed by atoms with Crippen molar-refractivity contribution in [2.24, 2.45) is 0 Å². The highest BCUT2D eigenvalue weighted by Crippen LogP contribution is 2.42. The average Bonchev–Trinajstić information content (AvgIpc) is 3.12. The maximum absolute atomic E-state index is 13.3. The van der Waals surface area contributed by atoms with Crippen LogP contribution in [-0.4, -0.2) is 74.6 Å². The Morgan fingerprint density at radius 2 is 1.72 bits per heavy atom. The number of rotatable bonds is 11. The van der Waals surface area contributed by atoms with Gasteiger partial charge in [-0.1, -0.05) is 19.4 Å². The molecule has 2 aromatic carbocycles. The van der Waals surface area contributed by atoms with Gasteiger partial charge < -0.3 is 29.1 Å². The molecule has 3 rings (SSSR count). The Bertz CT molecular complexity index is 1140. The molecule has 0 saturated carbocycles. The van der Waals surface area contributed by atoms with Gasteiger partial charge in [0.15, 0.2) is 11.5 Å². The quantitative estimate of drug-likeness (QED) is 0.216. The summed E-state index contributed by atoms with van der Waals surface area (Å²) in [6.45, 7) is 5.47.